The maximum Gasteiger partial charge on any atom is 0.0464 e. The van der Waals surface area contributed by atoms with Crippen LogP contribution in [-0.4, -0.2) is 18.3 Å². The van der Waals surface area contributed by atoms with Crippen LogP contribution in [0.5, 0.6) is 0 Å². The van der Waals surface area contributed by atoms with Crippen molar-refractivity contribution in [3.8, 4) is 0 Å². The first-order chi connectivity index (χ1) is 5.48. The lowest BCUT2D eigenvalue weighted by Gasteiger charge is -2.40. The second kappa shape index (κ2) is 3.00. The molecule has 0 aromatic rings. The lowest BCUT2D eigenvalue weighted by atomic mass is 9.66. The first-order valence-electron chi connectivity index (χ1n) is 4.79. The lowest BCUT2D eigenvalue weighted by molar-refractivity contribution is 0.0618. The van der Waals surface area contributed by atoms with Crippen molar-refractivity contribution in [3.63, 3.8) is 0 Å². The van der Waals surface area contributed by atoms with Gasteiger partial charge in [0.25, 0.3) is 0 Å². The molecule has 72 valence electrons. The van der Waals surface area contributed by atoms with E-state index in [1.807, 2.05) is 0 Å². The minimum absolute atomic E-state index is 0.191. The first-order valence-corrected chi connectivity index (χ1v) is 4.79. The minimum atomic E-state index is 0.191. The molecule has 12 heavy (non-hydrogen) atoms. The van der Waals surface area contributed by atoms with Crippen LogP contribution in [0.1, 0.15) is 33.6 Å². The van der Waals surface area contributed by atoms with E-state index in [-0.39, 0.29) is 10.8 Å². The molecule has 1 saturated carbocycles. The molecule has 0 amide bonds. The van der Waals surface area contributed by atoms with E-state index >= 15 is 0 Å². The van der Waals surface area contributed by atoms with Gasteiger partial charge in [-0.25, -0.2) is 0 Å². The van der Waals surface area contributed by atoms with Gasteiger partial charge in [-0.2, -0.15) is 0 Å². The Hall–Kier alpha value is -0.0800. The van der Waals surface area contributed by atoms with Crippen LogP contribution < -0.4 is 5.73 Å². The van der Waals surface area contributed by atoms with Gasteiger partial charge >= 0.3 is 0 Å². The topological polar surface area (TPSA) is 46.2 Å². The van der Waals surface area contributed by atoms with Gasteiger partial charge < -0.3 is 10.8 Å². The largest absolute Gasteiger partial charge is 0.396 e. The van der Waals surface area contributed by atoms with Crippen LogP contribution in [0.4, 0.5) is 0 Å². The Morgan fingerprint density at radius 3 is 2.25 bits per heavy atom. The standard InChI is InChI=1S/C10H21NO/c1-9(2)8(6-12)4-5-10(9,3)7-11/h8,12H,4-7,11H2,1-3H3/t8-,10+/m1/s1. The van der Waals surface area contributed by atoms with Crippen LogP contribution in [0.2, 0.25) is 0 Å². The predicted octanol–water partition coefficient (Wildman–Crippen LogP) is 1.38. The molecule has 0 aromatic heterocycles. The van der Waals surface area contributed by atoms with Crippen LogP contribution in [0.3, 0.4) is 0 Å². The highest BCUT2D eigenvalue weighted by Gasteiger charge is 2.49. The highest BCUT2D eigenvalue weighted by atomic mass is 16.3. The lowest BCUT2D eigenvalue weighted by Crippen LogP contribution is -2.40. The number of rotatable bonds is 2. The zero-order chi connectivity index (χ0) is 9.41. The molecular weight excluding hydrogens is 150 g/mol. The SMILES string of the molecule is CC1(C)[C@@H](CO)CC[C@@]1(C)CN. The van der Waals surface area contributed by atoms with E-state index < -0.39 is 0 Å². The average Bonchev–Trinajstić information content (AvgIpc) is 2.25. The fourth-order valence-electron chi connectivity index (χ4n) is 2.35. The quantitative estimate of drug-likeness (QED) is 0.659. The fraction of sp³-hybridized carbons (Fsp3) is 1.00. The van der Waals surface area contributed by atoms with Crippen molar-refractivity contribution in [1.29, 1.82) is 0 Å². The van der Waals surface area contributed by atoms with Gasteiger partial charge in [0.05, 0.1) is 0 Å². The molecule has 0 aliphatic heterocycles. The number of aliphatic hydroxyl groups is 1. The normalized spacial score (nSPS) is 40.2. The molecule has 1 rings (SSSR count). The average molecular weight is 171 g/mol. The summed E-state index contributed by atoms with van der Waals surface area (Å²) in [5.74, 6) is 0.436. The number of hydrogen-bond acceptors (Lipinski definition) is 2. The maximum atomic E-state index is 9.19. The van der Waals surface area contributed by atoms with Gasteiger partial charge in [-0.1, -0.05) is 20.8 Å². The molecule has 3 N–H and O–H groups in total. The molecule has 0 heterocycles. The first kappa shape index (κ1) is 10.0. The van der Waals surface area contributed by atoms with Crippen LogP contribution in [0, 0.1) is 16.7 Å². The number of hydrogen-bond donors (Lipinski definition) is 2. The molecule has 0 aromatic carbocycles. The molecule has 0 radical (unpaired) electrons. The Balaban J connectivity index is 2.84. The smallest absolute Gasteiger partial charge is 0.0464 e. The summed E-state index contributed by atoms with van der Waals surface area (Å²) in [7, 11) is 0. The summed E-state index contributed by atoms with van der Waals surface area (Å²) < 4.78 is 0. The summed E-state index contributed by atoms with van der Waals surface area (Å²) in [6, 6.07) is 0. The van der Waals surface area contributed by atoms with Crippen LogP contribution in [-0.2, 0) is 0 Å². The highest BCUT2D eigenvalue weighted by Crippen LogP contribution is 2.54. The summed E-state index contributed by atoms with van der Waals surface area (Å²) >= 11 is 0. The van der Waals surface area contributed by atoms with Gasteiger partial charge in [-0.15, -0.1) is 0 Å². The van der Waals surface area contributed by atoms with Crippen molar-refractivity contribution >= 4 is 0 Å². The van der Waals surface area contributed by atoms with Gasteiger partial charge in [-0.05, 0) is 36.1 Å². The van der Waals surface area contributed by atoms with Crippen molar-refractivity contribution < 1.29 is 5.11 Å². The molecule has 1 aliphatic carbocycles. The summed E-state index contributed by atoms with van der Waals surface area (Å²) in [6.45, 7) is 7.74. The van der Waals surface area contributed by atoms with Crippen molar-refractivity contribution in [1.82, 2.24) is 0 Å². The second-order valence-corrected chi connectivity index (χ2v) is 4.90. The highest BCUT2D eigenvalue weighted by molar-refractivity contribution is 5.00. The molecule has 0 unspecified atom stereocenters. The fourth-order valence-corrected chi connectivity index (χ4v) is 2.35. The maximum absolute atomic E-state index is 9.19. The molecule has 0 saturated heterocycles. The Morgan fingerprint density at radius 1 is 1.42 bits per heavy atom. The summed E-state index contributed by atoms with van der Waals surface area (Å²) in [4.78, 5) is 0. The monoisotopic (exact) mass is 171 g/mol. The molecule has 0 spiro atoms. The third-order valence-corrected chi connectivity index (χ3v) is 4.29. The number of nitrogens with two attached hydrogens (primary N) is 1. The zero-order valence-corrected chi connectivity index (χ0v) is 8.43. The van der Waals surface area contributed by atoms with Crippen molar-refractivity contribution in [2.24, 2.45) is 22.5 Å². The van der Waals surface area contributed by atoms with Crippen LogP contribution in [0.15, 0.2) is 0 Å². The second-order valence-electron chi connectivity index (χ2n) is 4.90. The minimum Gasteiger partial charge on any atom is -0.396 e. The molecule has 1 fully saturated rings. The van der Waals surface area contributed by atoms with E-state index in [1.54, 1.807) is 0 Å². The Bertz CT molecular complexity index is 167. The summed E-state index contributed by atoms with van der Waals surface area (Å²) in [6.07, 6.45) is 2.28. The van der Waals surface area contributed by atoms with Crippen molar-refractivity contribution in [3.05, 3.63) is 0 Å². The summed E-state index contributed by atoms with van der Waals surface area (Å²) in [5.41, 5.74) is 6.19. The molecule has 2 nitrogen and oxygen atoms in total. The third kappa shape index (κ3) is 1.17. The summed E-state index contributed by atoms with van der Waals surface area (Å²) in [5, 5.41) is 9.19. The Morgan fingerprint density at radius 2 is 2.00 bits per heavy atom. The predicted molar refractivity (Wildman–Crippen MR) is 50.8 cm³/mol. The van der Waals surface area contributed by atoms with E-state index in [4.69, 9.17) is 5.73 Å². The zero-order valence-electron chi connectivity index (χ0n) is 8.43. The van der Waals surface area contributed by atoms with E-state index in [0.29, 0.717) is 12.5 Å². The van der Waals surface area contributed by atoms with E-state index in [0.717, 1.165) is 19.4 Å². The van der Waals surface area contributed by atoms with Crippen molar-refractivity contribution in [2.45, 2.75) is 33.6 Å². The molecule has 2 atom stereocenters. The van der Waals surface area contributed by atoms with Gasteiger partial charge in [0.15, 0.2) is 0 Å². The number of aliphatic hydroxyl groups excluding tert-OH is 1. The molecule has 1 aliphatic rings. The van der Waals surface area contributed by atoms with E-state index in [9.17, 15) is 5.11 Å². The Kier molecular flexibility index (Phi) is 2.50. The molecule has 2 heteroatoms. The van der Waals surface area contributed by atoms with Gasteiger partial charge in [-0.3, -0.25) is 0 Å². The van der Waals surface area contributed by atoms with Gasteiger partial charge in [0.2, 0.25) is 0 Å². The van der Waals surface area contributed by atoms with Gasteiger partial charge in [0, 0.05) is 6.61 Å². The Labute approximate surface area is 75.2 Å². The van der Waals surface area contributed by atoms with Crippen LogP contribution >= 0.6 is 0 Å². The molecular formula is C10H21NO. The van der Waals surface area contributed by atoms with E-state index in [1.165, 1.54) is 0 Å². The van der Waals surface area contributed by atoms with Gasteiger partial charge in [0.1, 0.15) is 0 Å². The third-order valence-electron chi connectivity index (χ3n) is 4.29. The van der Waals surface area contributed by atoms with Crippen LogP contribution in [0.25, 0.3) is 0 Å². The molecule has 0 bridgehead atoms. The van der Waals surface area contributed by atoms with Crippen molar-refractivity contribution in [2.75, 3.05) is 13.2 Å². The van der Waals surface area contributed by atoms with E-state index in [2.05, 4.69) is 20.8 Å².